The second-order valence-corrected chi connectivity index (χ2v) is 7.07. The van der Waals surface area contributed by atoms with E-state index in [-0.39, 0.29) is 5.91 Å². The first-order valence-corrected chi connectivity index (χ1v) is 8.70. The number of rotatable bonds is 3. The van der Waals surface area contributed by atoms with E-state index < -0.39 is 0 Å². The van der Waals surface area contributed by atoms with Crippen LogP contribution in [0.15, 0.2) is 36.0 Å². The first-order chi connectivity index (χ1) is 10.8. The lowest BCUT2D eigenvalue weighted by atomic mass is 9.84. The van der Waals surface area contributed by atoms with E-state index in [1.54, 1.807) is 17.5 Å². The average molecular weight is 313 g/mol. The van der Waals surface area contributed by atoms with E-state index >= 15 is 0 Å². The molecule has 3 saturated heterocycles. The van der Waals surface area contributed by atoms with Crippen molar-refractivity contribution in [3.8, 4) is 10.4 Å². The van der Waals surface area contributed by atoms with E-state index in [1.165, 1.54) is 25.9 Å². The molecule has 5 rings (SSSR count). The molecule has 0 unspecified atom stereocenters. The Balaban J connectivity index is 1.46. The average Bonchev–Trinajstić information content (AvgIpc) is 3.07. The number of amides is 1. The third-order valence-electron chi connectivity index (χ3n) is 4.78. The zero-order valence-electron chi connectivity index (χ0n) is 12.4. The van der Waals surface area contributed by atoms with Crippen LogP contribution in [0.3, 0.4) is 0 Å². The molecule has 22 heavy (non-hydrogen) atoms. The van der Waals surface area contributed by atoms with Gasteiger partial charge in [0.15, 0.2) is 0 Å². The molecule has 1 N–H and O–H groups in total. The number of fused-ring (bicyclic) bond motifs is 3. The summed E-state index contributed by atoms with van der Waals surface area (Å²) < 4.78 is 0. The standard InChI is InChI=1S/C17H19N3OS/c21-17(19-15-10-20-6-3-12(15)4-7-20)14-8-16(22-11-14)13-2-1-5-18-9-13/h1-2,5,8-9,11-12,15H,3-4,6-7,10H2,(H,19,21)/t15-/m0/s1. The van der Waals surface area contributed by atoms with Gasteiger partial charge in [0.25, 0.3) is 5.91 Å². The van der Waals surface area contributed by atoms with Gasteiger partial charge in [-0.3, -0.25) is 9.78 Å². The summed E-state index contributed by atoms with van der Waals surface area (Å²) in [5, 5.41) is 5.19. The first-order valence-electron chi connectivity index (χ1n) is 7.82. The van der Waals surface area contributed by atoms with Crippen molar-refractivity contribution in [2.24, 2.45) is 5.92 Å². The Morgan fingerprint density at radius 1 is 1.36 bits per heavy atom. The van der Waals surface area contributed by atoms with Gasteiger partial charge in [0.05, 0.1) is 5.56 Å². The number of pyridine rings is 1. The van der Waals surface area contributed by atoms with Crippen LogP contribution in [-0.4, -0.2) is 41.5 Å². The molecule has 3 fully saturated rings. The maximum absolute atomic E-state index is 12.5. The summed E-state index contributed by atoms with van der Waals surface area (Å²) >= 11 is 1.60. The normalized spacial score (nSPS) is 26.8. The van der Waals surface area contributed by atoms with Gasteiger partial charge in [0.1, 0.15) is 0 Å². The first kappa shape index (κ1) is 13.9. The second kappa shape index (κ2) is 5.82. The molecule has 0 spiro atoms. The molecule has 114 valence electrons. The molecule has 5 heteroatoms. The van der Waals surface area contributed by atoms with Gasteiger partial charge < -0.3 is 10.2 Å². The Bertz CT molecular complexity index is 662. The van der Waals surface area contributed by atoms with E-state index in [1.807, 2.05) is 29.8 Å². The van der Waals surface area contributed by atoms with Crippen LogP contribution in [0.25, 0.3) is 10.4 Å². The van der Waals surface area contributed by atoms with E-state index in [9.17, 15) is 4.79 Å². The van der Waals surface area contributed by atoms with Crippen LogP contribution in [0.1, 0.15) is 23.2 Å². The highest BCUT2D eigenvalue weighted by atomic mass is 32.1. The van der Waals surface area contributed by atoms with Gasteiger partial charge >= 0.3 is 0 Å². The zero-order valence-corrected chi connectivity index (χ0v) is 13.2. The number of piperidine rings is 3. The maximum Gasteiger partial charge on any atom is 0.252 e. The van der Waals surface area contributed by atoms with Crippen molar-refractivity contribution >= 4 is 17.2 Å². The third-order valence-corrected chi connectivity index (χ3v) is 5.76. The second-order valence-electron chi connectivity index (χ2n) is 6.16. The minimum Gasteiger partial charge on any atom is -0.348 e. The van der Waals surface area contributed by atoms with Crippen molar-refractivity contribution in [2.45, 2.75) is 18.9 Å². The number of carbonyl (C=O) groups is 1. The highest BCUT2D eigenvalue weighted by Gasteiger charge is 2.35. The minimum atomic E-state index is 0.0603. The molecule has 0 aromatic carbocycles. The van der Waals surface area contributed by atoms with Crippen LogP contribution in [0.4, 0.5) is 0 Å². The van der Waals surface area contributed by atoms with Crippen LogP contribution in [0.2, 0.25) is 0 Å². The van der Waals surface area contributed by atoms with Gasteiger partial charge in [-0.15, -0.1) is 11.3 Å². The molecule has 1 atom stereocenters. The lowest BCUT2D eigenvalue weighted by molar-refractivity contribution is 0.0620. The molecular weight excluding hydrogens is 294 g/mol. The molecule has 0 aliphatic carbocycles. The number of hydrogen-bond acceptors (Lipinski definition) is 4. The van der Waals surface area contributed by atoms with Crippen molar-refractivity contribution < 1.29 is 4.79 Å². The van der Waals surface area contributed by atoms with Crippen molar-refractivity contribution in [3.05, 3.63) is 41.5 Å². The van der Waals surface area contributed by atoms with Crippen molar-refractivity contribution in [1.82, 2.24) is 15.2 Å². The highest BCUT2D eigenvalue weighted by Crippen LogP contribution is 2.29. The van der Waals surface area contributed by atoms with Crippen molar-refractivity contribution in [3.63, 3.8) is 0 Å². The third kappa shape index (κ3) is 2.66. The molecule has 0 saturated carbocycles. The monoisotopic (exact) mass is 313 g/mol. The summed E-state index contributed by atoms with van der Waals surface area (Å²) in [6.45, 7) is 3.40. The number of aromatic nitrogens is 1. The summed E-state index contributed by atoms with van der Waals surface area (Å²) in [6.07, 6.45) is 6.03. The Morgan fingerprint density at radius 3 is 2.91 bits per heavy atom. The minimum absolute atomic E-state index is 0.0603. The fourth-order valence-electron chi connectivity index (χ4n) is 3.50. The number of hydrogen-bond donors (Lipinski definition) is 1. The lowest BCUT2D eigenvalue weighted by Crippen LogP contribution is -2.57. The van der Waals surface area contributed by atoms with Crippen LogP contribution >= 0.6 is 11.3 Å². The van der Waals surface area contributed by atoms with Gasteiger partial charge in [-0.25, -0.2) is 0 Å². The SMILES string of the molecule is O=C(N[C@H]1CN2CCC1CC2)c1csc(-c2cccnc2)c1. The van der Waals surface area contributed by atoms with Gasteiger partial charge in [-0.1, -0.05) is 6.07 Å². The molecule has 5 heterocycles. The topological polar surface area (TPSA) is 45.2 Å². The Kier molecular flexibility index (Phi) is 3.68. The molecule has 2 aromatic heterocycles. The quantitative estimate of drug-likeness (QED) is 0.947. The lowest BCUT2D eigenvalue weighted by Gasteiger charge is -2.44. The molecule has 3 aliphatic rings. The van der Waals surface area contributed by atoms with Gasteiger partial charge in [0.2, 0.25) is 0 Å². The van der Waals surface area contributed by atoms with Crippen LogP contribution in [0.5, 0.6) is 0 Å². The molecular formula is C17H19N3OS. The van der Waals surface area contributed by atoms with Crippen LogP contribution in [0, 0.1) is 5.92 Å². The molecule has 2 aromatic rings. The van der Waals surface area contributed by atoms with Crippen LogP contribution < -0.4 is 5.32 Å². The number of nitrogens with zero attached hydrogens (tertiary/aromatic N) is 2. The largest absolute Gasteiger partial charge is 0.348 e. The van der Waals surface area contributed by atoms with E-state index in [0.717, 1.165) is 22.5 Å². The summed E-state index contributed by atoms with van der Waals surface area (Å²) in [7, 11) is 0. The predicted octanol–water partition coefficient (Wildman–Crippen LogP) is 2.63. The molecule has 1 amide bonds. The summed E-state index contributed by atoms with van der Waals surface area (Å²) in [5.74, 6) is 0.718. The van der Waals surface area contributed by atoms with E-state index in [2.05, 4.69) is 15.2 Å². The van der Waals surface area contributed by atoms with Crippen molar-refractivity contribution in [2.75, 3.05) is 19.6 Å². The van der Waals surface area contributed by atoms with Gasteiger partial charge in [-0.2, -0.15) is 0 Å². The van der Waals surface area contributed by atoms with E-state index in [4.69, 9.17) is 0 Å². The number of nitrogens with one attached hydrogen (secondary N) is 1. The molecule has 2 bridgehead atoms. The number of carbonyl (C=O) groups excluding carboxylic acids is 1. The van der Waals surface area contributed by atoms with E-state index in [0.29, 0.717) is 12.0 Å². The molecule has 3 aliphatic heterocycles. The Labute approximate surface area is 134 Å². The molecule has 0 radical (unpaired) electrons. The van der Waals surface area contributed by atoms with Crippen molar-refractivity contribution in [1.29, 1.82) is 0 Å². The Morgan fingerprint density at radius 2 is 2.23 bits per heavy atom. The summed E-state index contributed by atoms with van der Waals surface area (Å²) in [5.41, 5.74) is 1.83. The fraction of sp³-hybridized carbons (Fsp3) is 0.412. The highest BCUT2D eigenvalue weighted by molar-refractivity contribution is 7.13. The summed E-state index contributed by atoms with van der Waals surface area (Å²) in [4.78, 5) is 20.2. The van der Waals surface area contributed by atoms with Gasteiger partial charge in [-0.05, 0) is 44.0 Å². The summed E-state index contributed by atoms with van der Waals surface area (Å²) in [6, 6.07) is 6.23. The van der Waals surface area contributed by atoms with Crippen LogP contribution in [-0.2, 0) is 0 Å². The fourth-order valence-corrected chi connectivity index (χ4v) is 4.38. The van der Waals surface area contributed by atoms with Gasteiger partial charge in [0, 0.05) is 40.8 Å². The maximum atomic E-state index is 12.5. The number of thiophene rings is 1. The Hall–Kier alpha value is -1.72. The zero-order chi connectivity index (χ0) is 14.9. The smallest absolute Gasteiger partial charge is 0.252 e. The molecule has 4 nitrogen and oxygen atoms in total. The predicted molar refractivity (Wildman–Crippen MR) is 88.0 cm³/mol.